The zero-order chi connectivity index (χ0) is 15.4. The van der Waals surface area contributed by atoms with E-state index in [0.717, 1.165) is 12.8 Å². The second-order valence-electron chi connectivity index (χ2n) is 5.72. The number of morpholine rings is 1. The van der Waals surface area contributed by atoms with Crippen LogP contribution in [-0.2, 0) is 11.3 Å². The Morgan fingerprint density at radius 1 is 1.45 bits per heavy atom. The van der Waals surface area contributed by atoms with Crippen LogP contribution in [-0.4, -0.2) is 43.3 Å². The maximum absolute atomic E-state index is 14.2. The third kappa shape index (κ3) is 3.65. The van der Waals surface area contributed by atoms with Gasteiger partial charge in [0, 0.05) is 25.3 Å². The SMILES string of the molecule is NC(=NCc1cnc(N2CCOCC2)c(F)c1)NC1CCC1. The van der Waals surface area contributed by atoms with Gasteiger partial charge in [-0.05, 0) is 30.9 Å². The number of nitrogens with zero attached hydrogens (tertiary/aromatic N) is 3. The van der Waals surface area contributed by atoms with Crippen molar-refractivity contribution in [3.8, 4) is 0 Å². The summed E-state index contributed by atoms with van der Waals surface area (Å²) < 4.78 is 19.5. The highest BCUT2D eigenvalue weighted by atomic mass is 19.1. The molecule has 0 radical (unpaired) electrons. The number of pyridine rings is 1. The highest BCUT2D eigenvalue weighted by molar-refractivity contribution is 5.78. The normalized spacial score (nSPS) is 19.9. The van der Waals surface area contributed by atoms with Gasteiger partial charge >= 0.3 is 0 Å². The smallest absolute Gasteiger partial charge is 0.189 e. The Bertz CT molecular complexity index is 541. The van der Waals surface area contributed by atoms with Gasteiger partial charge in [-0.2, -0.15) is 0 Å². The van der Waals surface area contributed by atoms with Gasteiger partial charge in [-0.1, -0.05) is 0 Å². The van der Waals surface area contributed by atoms with Crippen LogP contribution >= 0.6 is 0 Å². The van der Waals surface area contributed by atoms with Crippen LogP contribution in [0.3, 0.4) is 0 Å². The molecule has 2 heterocycles. The van der Waals surface area contributed by atoms with E-state index in [1.807, 2.05) is 4.90 Å². The highest BCUT2D eigenvalue weighted by Gasteiger charge is 2.18. The molecular formula is C15H22FN5O. The van der Waals surface area contributed by atoms with Crippen molar-refractivity contribution < 1.29 is 9.13 Å². The maximum Gasteiger partial charge on any atom is 0.189 e. The van der Waals surface area contributed by atoms with Crippen molar-refractivity contribution in [3.05, 3.63) is 23.6 Å². The van der Waals surface area contributed by atoms with E-state index in [0.29, 0.717) is 56.2 Å². The van der Waals surface area contributed by atoms with E-state index in [1.165, 1.54) is 12.5 Å². The number of rotatable bonds is 4. The lowest BCUT2D eigenvalue weighted by atomic mass is 9.93. The standard InChI is InChI=1S/C15H22FN5O/c16-13-8-11(10-19-15(17)20-12-2-1-3-12)9-18-14(13)21-4-6-22-7-5-21/h8-9,12H,1-7,10H2,(H3,17,19,20). The van der Waals surface area contributed by atoms with Gasteiger partial charge in [0.05, 0.1) is 19.8 Å². The number of anilines is 1. The molecule has 1 aromatic heterocycles. The molecule has 1 saturated carbocycles. The van der Waals surface area contributed by atoms with Crippen molar-refractivity contribution in [1.82, 2.24) is 10.3 Å². The summed E-state index contributed by atoms with van der Waals surface area (Å²) in [4.78, 5) is 10.4. The topological polar surface area (TPSA) is 75.8 Å². The monoisotopic (exact) mass is 307 g/mol. The van der Waals surface area contributed by atoms with E-state index in [9.17, 15) is 4.39 Å². The molecule has 0 spiro atoms. The van der Waals surface area contributed by atoms with Crippen molar-refractivity contribution in [2.24, 2.45) is 10.7 Å². The Morgan fingerprint density at radius 2 is 2.23 bits per heavy atom. The van der Waals surface area contributed by atoms with Gasteiger partial charge in [0.25, 0.3) is 0 Å². The predicted molar refractivity (Wildman–Crippen MR) is 83.3 cm³/mol. The Balaban J connectivity index is 1.59. The molecule has 0 bridgehead atoms. The molecule has 1 aliphatic heterocycles. The largest absolute Gasteiger partial charge is 0.378 e. The minimum Gasteiger partial charge on any atom is -0.378 e. The Labute approximate surface area is 129 Å². The summed E-state index contributed by atoms with van der Waals surface area (Å²) in [6, 6.07) is 1.93. The Morgan fingerprint density at radius 3 is 2.86 bits per heavy atom. The first-order valence-electron chi connectivity index (χ1n) is 7.76. The van der Waals surface area contributed by atoms with Crippen LogP contribution in [0.15, 0.2) is 17.3 Å². The number of nitrogens with one attached hydrogen (secondary N) is 1. The van der Waals surface area contributed by atoms with Gasteiger partial charge in [-0.3, -0.25) is 0 Å². The minimum atomic E-state index is -0.319. The third-order valence-electron chi connectivity index (χ3n) is 4.08. The zero-order valence-corrected chi connectivity index (χ0v) is 12.6. The molecule has 120 valence electrons. The summed E-state index contributed by atoms with van der Waals surface area (Å²) >= 11 is 0. The van der Waals surface area contributed by atoms with Crippen LogP contribution in [0.1, 0.15) is 24.8 Å². The molecule has 2 aliphatic rings. The van der Waals surface area contributed by atoms with E-state index >= 15 is 0 Å². The number of hydrogen-bond acceptors (Lipinski definition) is 4. The van der Waals surface area contributed by atoms with Gasteiger partial charge in [-0.25, -0.2) is 14.4 Å². The molecular weight excluding hydrogens is 285 g/mol. The van der Waals surface area contributed by atoms with Gasteiger partial charge in [0.2, 0.25) is 0 Å². The molecule has 1 aromatic rings. The average molecular weight is 307 g/mol. The summed E-state index contributed by atoms with van der Waals surface area (Å²) in [5.41, 5.74) is 6.54. The van der Waals surface area contributed by atoms with Crippen LogP contribution in [0.2, 0.25) is 0 Å². The molecule has 0 aromatic carbocycles. The van der Waals surface area contributed by atoms with Gasteiger partial charge < -0.3 is 20.7 Å². The molecule has 1 saturated heterocycles. The summed E-state index contributed by atoms with van der Waals surface area (Å²) in [7, 11) is 0. The molecule has 22 heavy (non-hydrogen) atoms. The van der Waals surface area contributed by atoms with Crippen LogP contribution < -0.4 is 16.0 Å². The molecule has 3 rings (SSSR count). The number of halogens is 1. The third-order valence-corrected chi connectivity index (χ3v) is 4.08. The molecule has 0 atom stereocenters. The van der Waals surface area contributed by atoms with Crippen molar-refractivity contribution in [3.63, 3.8) is 0 Å². The average Bonchev–Trinajstić information content (AvgIpc) is 2.50. The molecule has 7 heteroatoms. The highest BCUT2D eigenvalue weighted by Crippen LogP contribution is 2.19. The van der Waals surface area contributed by atoms with Gasteiger partial charge in [0.15, 0.2) is 17.6 Å². The summed E-state index contributed by atoms with van der Waals surface area (Å²) in [5, 5.41) is 3.16. The van der Waals surface area contributed by atoms with Gasteiger partial charge in [0.1, 0.15) is 0 Å². The quantitative estimate of drug-likeness (QED) is 0.641. The second-order valence-corrected chi connectivity index (χ2v) is 5.72. The Kier molecular flexibility index (Phi) is 4.72. The summed E-state index contributed by atoms with van der Waals surface area (Å²) in [6.07, 6.45) is 5.18. The fourth-order valence-corrected chi connectivity index (χ4v) is 2.55. The number of hydrogen-bond donors (Lipinski definition) is 2. The molecule has 0 unspecified atom stereocenters. The van der Waals surface area contributed by atoms with E-state index in [2.05, 4.69) is 15.3 Å². The van der Waals surface area contributed by atoms with E-state index < -0.39 is 0 Å². The fraction of sp³-hybridized carbons (Fsp3) is 0.600. The lowest BCUT2D eigenvalue weighted by Gasteiger charge is -2.28. The van der Waals surface area contributed by atoms with E-state index in [-0.39, 0.29) is 5.82 Å². The molecule has 1 aliphatic carbocycles. The van der Waals surface area contributed by atoms with E-state index in [4.69, 9.17) is 10.5 Å². The number of ether oxygens (including phenoxy) is 1. The van der Waals surface area contributed by atoms with E-state index in [1.54, 1.807) is 6.20 Å². The van der Waals surface area contributed by atoms with Crippen LogP contribution in [0.4, 0.5) is 10.2 Å². The molecule has 0 amide bonds. The van der Waals surface area contributed by atoms with Gasteiger partial charge in [-0.15, -0.1) is 0 Å². The van der Waals surface area contributed by atoms with Crippen molar-refractivity contribution >= 4 is 11.8 Å². The number of nitrogens with two attached hydrogens (primary N) is 1. The van der Waals surface area contributed by atoms with Crippen molar-refractivity contribution in [2.75, 3.05) is 31.2 Å². The predicted octanol–water partition coefficient (Wildman–Crippen LogP) is 1.01. The fourth-order valence-electron chi connectivity index (χ4n) is 2.55. The maximum atomic E-state index is 14.2. The summed E-state index contributed by atoms with van der Waals surface area (Å²) in [5.74, 6) is 0.485. The first kappa shape index (κ1) is 15.0. The first-order valence-corrected chi connectivity index (χ1v) is 7.76. The number of guanidine groups is 1. The second kappa shape index (κ2) is 6.91. The van der Waals surface area contributed by atoms with Crippen LogP contribution in [0.5, 0.6) is 0 Å². The van der Waals surface area contributed by atoms with Crippen LogP contribution in [0, 0.1) is 5.82 Å². The van der Waals surface area contributed by atoms with Crippen LogP contribution in [0.25, 0.3) is 0 Å². The lowest BCUT2D eigenvalue weighted by Crippen LogP contribution is -2.43. The molecule has 3 N–H and O–H groups in total. The van der Waals surface area contributed by atoms with Crippen molar-refractivity contribution in [2.45, 2.75) is 31.8 Å². The zero-order valence-electron chi connectivity index (χ0n) is 12.6. The summed E-state index contributed by atoms with van der Waals surface area (Å²) in [6.45, 7) is 2.88. The first-order chi connectivity index (χ1) is 10.7. The lowest BCUT2D eigenvalue weighted by molar-refractivity contribution is 0.122. The number of aromatic nitrogens is 1. The number of aliphatic imine (C=N–C) groups is 1. The molecule has 6 nitrogen and oxygen atoms in total. The Hall–Kier alpha value is -1.89. The molecule has 2 fully saturated rings. The van der Waals surface area contributed by atoms with Crippen molar-refractivity contribution in [1.29, 1.82) is 0 Å². The minimum absolute atomic E-state index is 0.319.